The number of amides is 1. The quantitative estimate of drug-likeness (QED) is 0.418. The summed E-state index contributed by atoms with van der Waals surface area (Å²) in [6.07, 6.45) is 4.47. The van der Waals surface area contributed by atoms with Crippen LogP contribution in [0, 0.1) is 0 Å². The van der Waals surface area contributed by atoms with Gasteiger partial charge in [0.1, 0.15) is 11.8 Å². The first kappa shape index (κ1) is 19.6. The summed E-state index contributed by atoms with van der Waals surface area (Å²) in [7, 11) is 0. The highest BCUT2D eigenvalue weighted by Gasteiger charge is 2.42. The lowest BCUT2D eigenvalue weighted by molar-refractivity contribution is -0.121. The Morgan fingerprint density at radius 3 is 2.45 bits per heavy atom. The van der Waals surface area contributed by atoms with Crippen molar-refractivity contribution in [3.05, 3.63) is 83.2 Å². The molecule has 0 radical (unpaired) electrons. The molecule has 31 heavy (non-hydrogen) atoms. The Morgan fingerprint density at radius 1 is 1.06 bits per heavy atom. The predicted molar refractivity (Wildman–Crippen MR) is 123 cm³/mol. The number of nitrogens with one attached hydrogen (secondary N) is 1. The average molecular weight is 478 g/mol. The van der Waals surface area contributed by atoms with Gasteiger partial charge < -0.3 is 15.5 Å². The number of rotatable bonds is 4. The number of hydrogen-bond donors (Lipinski definition) is 2. The van der Waals surface area contributed by atoms with Gasteiger partial charge in [0.05, 0.1) is 5.69 Å². The van der Waals surface area contributed by atoms with Gasteiger partial charge in [-0.3, -0.25) is 9.69 Å². The van der Waals surface area contributed by atoms with E-state index in [4.69, 9.17) is 15.6 Å². The number of anilines is 2. The molecule has 2 aromatic carbocycles. The molecular weight excluding hydrogens is 458 g/mol. The molecule has 1 amide bonds. The van der Waals surface area contributed by atoms with E-state index in [1.165, 1.54) is 0 Å². The van der Waals surface area contributed by atoms with Crippen LogP contribution in [0.3, 0.4) is 0 Å². The lowest BCUT2D eigenvalue weighted by Gasteiger charge is -2.23. The molecule has 0 bridgehead atoms. The summed E-state index contributed by atoms with van der Waals surface area (Å²) >= 11 is 3.47. The van der Waals surface area contributed by atoms with Crippen molar-refractivity contribution in [1.82, 2.24) is 14.8 Å². The maximum absolute atomic E-state index is 13.0. The Bertz CT molecular complexity index is 1220. The van der Waals surface area contributed by atoms with Crippen LogP contribution in [-0.4, -0.2) is 26.8 Å². The average Bonchev–Trinajstić information content (AvgIpc) is 3.49. The number of nitrogens with zero attached hydrogens (tertiary/aromatic N) is 3. The molecule has 156 valence electrons. The van der Waals surface area contributed by atoms with Crippen LogP contribution in [-0.2, 0) is 9.53 Å². The fraction of sp³-hybridized carbons (Fsp3) is 0.130. The van der Waals surface area contributed by atoms with Crippen molar-refractivity contribution >= 4 is 33.2 Å². The van der Waals surface area contributed by atoms with Crippen molar-refractivity contribution < 1.29 is 9.53 Å². The second-order valence-corrected chi connectivity index (χ2v) is 8.30. The fourth-order valence-electron chi connectivity index (χ4n) is 3.72. The molecule has 2 atom stereocenters. The third-order valence-electron chi connectivity index (χ3n) is 5.30. The number of aromatic amines is 1. The van der Waals surface area contributed by atoms with E-state index >= 15 is 0 Å². The zero-order valence-corrected chi connectivity index (χ0v) is 18.3. The molecule has 0 unspecified atom stereocenters. The minimum atomic E-state index is -0.611. The summed E-state index contributed by atoms with van der Waals surface area (Å²) in [5, 5.41) is 4.83. The number of carbonyl (C=O) groups is 1. The molecule has 1 saturated heterocycles. The number of nitrogen functional groups attached to an aromatic ring is 1. The Kier molecular flexibility index (Phi) is 4.88. The van der Waals surface area contributed by atoms with E-state index in [2.05, 4.69) is 20.9 Å². The van der Waals surface area contributed by atoms with Gasteiger partial charge in [-0.1, -0.05) is 15.9 Å². The monoisotopic (exact) mass is 477 g/mol. The standard InChI is InChI=1S/C23H20BrN5O2/c1-14-22(30)29(19-8-4-17(25)5-9-19)23(31-14)20-13-28(18-6-2-16(24)3-7-18)27-21(20)15-10-11-26-12-15/h2-14,23,26H,25H2,1H3/t14-,23-/m1/s1. The minimum absolute atomic E-state index is 0.105. The molecule has 4 aromatic rings. The van der Waals surface area contributed by atoms with Crippen LogP contribution in [0.1, 0.15) is 18.7 Å². The van der Waals surface area contributed by atoms with E-state index in [-0.39, 0.29) is 5.91 Å². The fourth-order valence-corrected chi connectivity index (χ4v) is 3.99. The molecule has 0 saturated carbocycles. The van der Waals surface area contributed by atoms with E-state index in [1.54, 1.807) is 24.0 Å². The van der Waals surface area contributed by atoms with Crippen LogP contribution in [0.2, 0.25) is 0 Å². The van der Waals surface area contributed by atoms with Gasteiger partial charge in [-0.25, -0.2) is 4.68 Å². The van der Waals surface area contributed by atoms with Crippen molar-refractivity contribution in [3.8, 4) is 16.9 Å². The van der Waals surface area contributed by atoms with Crippen LogP contribution < -0.4 is 10.6 Å². The molecule has 3 N–H and O–H groups in total. The SMILES string of the molecule is C[C@H]1O[C@H](c2cn(-c3ccc(Br)cc3)nc2-c2cc[nH]c2)N(c2ccc(N)cc2)C1=O. The third-order valence-corrected chi connectivity index (χ3v) is 5.82. The number of hydrogen-bond acceptors (Lipinski definition) is 4. The second kappa shape index (κ2) is 7.72. The Labute approximate surface area is 187 Å². The molecule has 1 aliphatic rings. The lowest BCUT2D eigenvalue weighted by Crippen LogP contribution is -2.30. The summed E-state index contributed by atoms with van der Waals surface area (Å²) in [6, 6.07) is 17.0. The normalized spacial score (nSPS) is 18.6. The summed E-state index contributed by atoms with van der Waals surface area (Å²) in [6.45, 7) is 1.77. The minimum Gasteiger partial charge on any atom is -0.399 e. The van der Waals surface area contributed by atoms with Crippen LogP contribution in [0.4, 0.5) is 11.4 Å². The first-order valence-corrected chi connectivity index (χ1v) is 10.6. The number of nitrogens with two attached hydrogens (primary N) is 1. The molecule has 8 heteroatoms. The summed E-state index contributed by atoms with van der Waals surface area (Å²) in [5.74, 6) is -0.105. The largest absolute Gasteiger partial charge is 0.399 e. The smallest absolute Gasteiger partial charge is 0.258 e. The Morgan fingerprint density at radius 2 is 1.77 bits per heavy atom. The number of H-pyrrole nitrogens is 1. The predicted octanol–water partition coefficient (Wildman–Crippen LogP) is 4.66. The van der Waals surface area contributed by atoms with Gasteiger partial charge in [-0.2, -0.15) is 5.10 Å². The zero-order valence-electron chi connectivity index (χ0n) is 16.7. The van der Waals surface area contributed by atoms with E-state index in [1.807, 2.05) is 65.7 Å². The molecule has 3 heterocycles. The maximum atomic E-state index is 13.0. The zero-order chi connectivity index (χ0) is 21.5. The highest BCUT2D eigenvalue weighted by molar-refractivity contribution is 9.10. The number of aromatic nitrogens is 3. The van der Waals surface area contributed by atoms with Crippen LogP contribution in [0.5, 0.6) is 0 Å². The van der Waals surface area contributed by atoms with Gasteiger partial charge in [0, 0.05) is 45.6 Å². The molecule has 5 rings (SSSR count). The summed E-state index contributed by atoms with van der Waals surface area (Å²) in [5.41, 5.74) is 10.6. The first-order chi connectivity index (χ1) is 15.0. The van der Waals surface area contributed by atoms with Crippen molar-refractivity contribution in [3.63, 3.8) is 0 Å². The van der Waals surface area contributed by atoms with E-state index in [0.29, 0.717) is 5.69 Å². The molecule has 2 aromatic heterocycles. The van der Waals surface area contributed by atoms with Crippen LogP contribution in [0.15, 0.2) is 77.7 Å². The van der Waals surface area contributed by atoms with E-state index < -0.39 is 12.3 Å². The van der Waals surface area contributed by atoms with Gasteiger partial charge in [0.2, 0.25) is 0 Å². The molecule has 1 fully saturated rings. The van der Waals surface area contributed by atoms with Crippen LogP contribution >= 0.6 is 15.9 Å². The Hall–Kier alpha value is -3.36. The van der Waals surface area contributed by atoms with E-state index in [0.717, 1.165) is 32.7 Å². The second-order valence-electron chi connectivity index (χ2n) is 7.38. The molecule has 7 nitrogen and oxygen atoms in total. The van der Waals surface area contributed by atoms with Crippen LogP contribution in [0.25, 0.3) is 16.9 Å². The van der Waals surface area contributed by atoms with Crippen molar-refractivity contribution in [1.29, 1.82) is 0 Å². The number of ether oxygens (including phenoxy) is 1. The number of benzene rings is 2. The number of carbonyl (C=O) groups excluding carboxylic acids is 1. The van der Waals surface area contributed by atoms with Crippen molar-refractivity contribution in [2.24, 2.45) is 0 Å². The Balaban J connectivity index is 1.64. The summed E-state index contributed by atoms with van der Waals surface area (Å²) < 4.78 is 8.93. The lowest BCUT2D eigenvalue weighted by atomic mass is 10.1. The molecule has 0 aliphatic carbocycles. The topological polar surface area (TPSA) is 89.2 Å². The third kappa shape index (κ3) is 3.54. The van der Waals surface area contributed by atoms with Crippen molar-refractivity contribution in [2.75, 3.05) is 10.6 Å². The number of halogens is 1. The highest BCUT2D eigenvalue weighted by Crippen LogP contribution is 2.40. The maximum Gasteiger partial charge on any atom is 0.258 e. The van der Waals surface area contributed by atoms with Gasteiger partial charge in [-0.05, 0) is 61.5 Å². The molecular formula is C23H20BrN5O2. The molecule has 1 aliphatic heterocycles. The molecule has 0 spiro atoms. The first-order valence-electron chi connectivity index (χ1n) is 9.84. The van der Waals surface area contributed by atoms with Gasteiger partial charge in [0.25, 0.3) is 5.91 Å². The van der Waals surface area contributed by atoms with Gasteiger partial charge in [-0.15, -0.1) is 0 Å². The van der Waals surface area contributed by atoms with Gasteiger partial charge in [0.15, 0.2) is 6.23 Å². The van der Waals surface area contributed by atoms with Gasteiger partial charge >= 0.3 is 0 Å². The summed E-state index contributed by atoms with van der Waals surface area (Å²) in [4.78, 5) is 17.8. The van der Waals surface area contributed by atoms with Crippen molar-refractivity contribution in [2.45, 2.75) is 19.3 Å². The highest BCUT2D eigenvalue weighted by atomic mass is 79.9. The van der Waals surface area contributed by atoms with E-state index in [9.17, 15) is 4.79 Å².